The number of nitrogen functional groups attached to an aromatic ring is 1. The van der Waals surface area contributed by atoms with Gasteiger partial charge in [0, 0.05) is 11.3 Å². The average Bonchev–Trinajstić information content (AvgIpc) is 2.86. The van der Waals surface area contributed by atoms with Gasteiger partial charge in [-0.15, -0.1) is 0 Å². The van der Waals surface area contributed by atoms with Gasteiger partial charge in [-0.3, -0.25) is 15.0 Å². The maximum atomic E-state index is 13.3. The summed E-state index contributed by atoms with van der Waals surface area (Å²) in [5, 5.41) is 29.0. The van der Waals surface area contributed by atoms with E-state index in [1.165, 1.54) is 0 Å². The number of hydrogen-bond acceptors (Lipinski definition) is 6. The Morgan fingerprint density at radius 2 is 1.78 bits per heavy atom. The monoisotopic (exact) mass is 519 g/mol. The SMILES string of the molecule is CS(=O)(=O)N(CC(=O)O)C(Cc1cccc(C(=N)N)c1)C(=O)Nc1ccc(-c2ccccc2C#N)cc1. The van der Waals surface area contributed by atoms with E-state index in [9.17, 15) is 28.4 Å². The van der Waals surface area contributed by atoms with Crippen molar-refractivity contribution in [2.24, 2.45) is 5.73 Å². The van der Waals surface area contributed by atoms with Gasteiger partial charge in [0.15, 0.2) is 0 Å². The van der Waals surface area contributed by atoms with Crippen LogP contribution in [0.1, 0.15) is 16.7 Å². The number of nitrogens with one attached hydrogen (secondary N) is 2. The molecule has 0 heterocycles. The number of hydrogen-bond donors (Lipinski definition) is 4. The summed E-state index contributed by atoms with van der Waals surface area (Å²) in [5.41, 5.74) is 8.74. The molecular weight excluding hydrogens is 494 g/mol. The predicted octanol–water partition coefficient (Wildman–Crippen LogP) is 2.41. The molecule has 1 unspecified atom stereocenters. The van der Waals surface area contributed by atoms with Crippen molar-refractivity contribution in [3.05, 3.63) is 89.5 Å². The molecule has 10 nitrogen and oxygen atoms in total. The van der Waals surface area contributed by atoms with E-state index < -0.39 is 34.5 Å². The Morgan fingerprint density at radius 1 is 1.11 bits per heavy atom. The Labute approximate surface area is 214 Å². The minimum absolute atomic E-state index is 0.152. The van der Waals surface area contributed by atoms with Gasteiger partial charge in [-0.1, -0.05) is 48.5 Å². The lowest BCUT2D eigenvalue weighted by atomic mass is 10.00. The third-order valence-electron chi connectivity index (χ3n) is 5.55. The fourth-order valence-corrected chi connectivity index (χ4v) is 4.77. The summed E-state index contributed by atoms with van der Waals surface area (Å²) < 4.78 is 25.6. The van der Waals surface area contributed by atoms with Crippen molar-refractivity contribution in [2.75, 3.05) is 18.1 Å². The summed E-state index contributed by atoms with van der Waals surface area (Å²) in [4.78, 5) is 24.8. The highest BCUT2D eigenvalue weighted by Gasteiger charge is 2.34. The van der Waals surface area contributed by atoms with Crippen LogP contribution in [-0.2, 0) is 26.0 Å². The Bertz CT molecular complexity index is 1480. The van der Waals surface area contributed by atoms with Crippen LogP contribution >= 0.6 is 0 Å². The number of amidine groups is 1. The van der Waals surface area contributed by atoms with E-state index in [1.54, 1.807) is 72.8 Å². The van der Waals surface area contributed by atoms with E-state index in [0.29, 0.717) is 26.7 Å². The number of aliphatic carboxylic acids is 1. The second-order valence-corrected chi connectivity index (χ2v) is 10.2. The molecule has 3 rings (SSSR count). The van der Waals surface area contributed by atoms with Crippen molar-refractivity contribution in [3.8, 4) is 17.2 Å². The number of carboxylic acid groups (broad SMARTS) is 1. The molecule has 0 saturated carbocycles. The summed E-state index contributed by atoms with van der Waals surface area (Å²) in [6, 6.07) is 20.8. The molecule has 11 heteroatoms. The second-order valence-electron chi connectivity index (χ2n) is 8.26. The highest BCUT2D eigenvalue weighted by Crippen LogP contribution is 2.25. The first-order valence-electron chi connectivity index (χ1n) is 11.0. The number of carbonyl (C=O) groups is 2. The molecule has 5 N–H and O–H groups in total. The van der Waals surface area contributed by atoms with Gasteiger partial charge in [-0.2, -0.15) is 9.57 Å². The Kier molecular flexibility index (Phi) is 8.39. The molecule has 0 fully saturated rings. The zero-order valence-electron chi connectivity index (χ0n) is 19.9. The van der Waals surface area contributed by atoms with Crippen LogP contribution in [0.3, 0.4) is 0 Å². The van der Waals surface area contributed by atoms with E-state index >= 15 is 0 Å². The highest BCUT2D eigenvalue weighted by atomic mass is 32.2. The van der Waals surface area contributed by atoms with Crippen molar-refractivity contribution in [1.29, 1.82) is 10.7 Å². The van der Waals surface area contributed by atoms with Crippen LogP contribution in [0.25, 0.3) is 11.1 Å². The van der Waals surface area contributed by atoms with Crippen LogP contribution in [-0.4, -0.2) is 54.4 Å². The Hall–Kier alpha value is -4.53. The second kappa shape index (κ2) is 11.5. The summed E-state index contributed by atoms with van der Waals surface area (Å²) in [5.74, 6) is -2.35. The van der Waals surface area contributed by atoms with Gasteiger partial charge in [0.05, 0.1) is 17.9 Å². The van der Waals surface area contributed by atoms with Gasteiger partial charge >= 0.3 is 5.97 Å². The van der Waals surface area contributed by atoms with Crippen LogP contribution in [0.2, 0.25) is 0 Å². The number of carboxylic acids is 1. The van der Waals surface area contributed by atoms with Crippen LogP contribution in [0.5, 0.6) is 0 Å². The molecule has 0 aromatic heterocycles. The Morgan fingerprint density at radius 3 is 2.38 bits per heavy atom. The number of nitrogens with zero attached hydrogens (tertiary/aromatic N) is 2. The average molecular weight is 520 g/mol. The van der Waals surface area contributed by atoms with Crippen LogP contribution in [0.4, 0.5) is 5.69 Å². The molecule has 3 aromatic carbocycles. The first-order chi connectivity index (χ1) is 17.5. The molecule has 0 aliphatic carbocycles. The van der Waals surface area contributed by atoms with E-state index in [-0.39, 0.29) is 12.3 Å². The number of anilines is 1. The molecule has 0 radical (unpaired) electrons. The largest absolute Gasteiger partial charge is 0.480 e. The summed E-state index contributed by atoms with van der Waals surface area (Å²) in [6.45, 7) is -0.910. The van der Waals surface area contributed by atoms with Gasteiger partial charge in [0.2, 0.25) is 15.9 Å². The lowest BCUT2D eigenvalue weighted by molar-refractivity contribution is -0.137. The fraction of sp³-hybridized carbons (Fsp3) is 0.154. The van der Waals surface area contributed by atoms with Crippen LogP contribution in [0.15, 0.2) is 72.8 Å². The molecule has 0 spiro atoms. The molecule has 0 aliphatic heterocycles. The lowest BCUT2D eigenvalue weighted by Crippen LogP contribution is -2.50. The topological polar surface area (TPSA) is 177 Å². The van der Waals surface area contributed by atoms with Crippen molar-refractivity contribution < 1.29 is 23.1 Å². The highest BCUT2D eigenvalue weighted by molar-refractivity contribution is 7.88. The van der Waals surface area contributed by atoms with E-state index in [0.717, 1.165) is 17.4 Å². The zero-order valence-corrected chi connectivity index (χ0v) is 20.7. The number of carbonyl (C=O) groups excluding carboxylic acids is 1. The molecule has 0 bridgehead atoms. The van der Waals surface area contributed by atoms with Crippen molar-refractivity contribution in [1.82, 2.24) is 4.31 Å². The normalized spacial score (nSPS) is 11.9. The standard InChI is InChI=1S/C26H25N5O5S/c1-37(35,36)31(16-24(32)33)23(14-17-5-4-7-19(13-17)25(28)29)26(34)30-21-11-9-18(10-12-21)22-8-3-2-6-20(22)15-27/h2-13,23H,14,16H2,1H3,(H3,28,29)(H,30,34)(H,32,33). The summed E-state index contributed by atoms with van der Waals surface area (Å²) in [7, 11) is -4.10. The number of amides is 1. The number of rotatable bonds is 10. The van der Waals surface area contributed by atoms with Gasteiger partial charge in [-0.05, 0) is 47.4 Å². The molecule has 37 heavy (non-hydrogen) atoms. The van der Waals surface area contributed by atoms with Crippen molar-refractivity contribution in [2.45, 2.75) is 12.5 Å². The van der Waals surface area contributed by atoms with Crippen molar-refractivity contribution >= 4 is 33.4 Å². The molecule has 1 atom stereocenters. The lowest BCUT2D eigenvalue weighted by Gasteiger charge is -2.28. The summed E-state index contributed by atoms with van der Waals surface area (Å²) in [6.07, 6.45) is 0.685. The molecule has 3 aromatic rings. The minimum Gasteiger partial charge on any atom is -0.480 e. The fourth-order valence-electron chi connectivity index (χ4n) is 3.80. The molecule has 0 saturated heterocycles. The Balaban J connectivity index is 1.93. The predicted molar refractivity (Wildman–Crippen MR) is 139 cm³/mol. The maximum Gasteiger partial charge on any atom is 0.318 e. The van der Waals surface area contributed by atoms with Gasteiger partial charge in [-0.25, -0.2) is 8.42 Å². The number of nitriles is 1. The molecular formula is C26H25N5O5S. The maximum absolute atomic E-state index is 13.3. The number of nitrogens with two attached hydrogens (primary N) is 1. The molecule has 0 aliphatic rings. The summed E-state index contributed by atoms with van der Waals surface area (Å²) >= 11 is 0. The third-order valence-corrected chi connectivity index (χ3v) is 6.78. The number of benzene rings is 3. The smallest absolute Gasteiger partial charge is 0.318 e. The molecule has 1 amide bonds. The van der Waals surface area contributed by atoms with E-state index in [1.807, 2.05) is 0 Å². The third kappa shape index (κ3) is 7.00. The minimum atomic E-state index is -4.10. The first-order valence-corrected chi connectivity index (χ1v) is 12.9. The van der Waals surface area contributed by atoms with Gasteiger partial charge in [0.25, 0.3) is 0 Å². The number of sulfonamides is 1. The first kappa shape index (κ1) is 27.1. The van der Waals surface area contributed by atoms with Gasteiger partial charge in [0.1, 0.15) is 18.4 Å². The van der Waals surface area contributed by atoms with E-state index in [4.69, 9.17) is 11.1 Å². The zero-order chi connectivity index (χ0) is 27.2. The quantitative estimate of drug-likeness (QED) is 0.235. The van der Waals surface area contributed by atoms with Crippen molar-refractivity contribution in [3.63, 3.8) is 0 Å². The van der Waals surface area contributed by atoms with E-state index in [2.05, 4.69) is 11.4 Å². The van der Waals surface area contributed by atoms with Gasteiger partial charge < -0.3 is 16.2 Å². The molecule has 190 valence electrons. The van der Waals surface area contributed by atoms with Crippen LogP contribution in [0, 0.1) is 16.7 Å². The van der Waals surface area contributed by atoms with Crippen LogP contribution < -0.4 is 11.1 Å².